The molecule has 2 aliphatic rings. The fourth-order valence-corrected chi connectivity index (χ4v) is 2.28. The molecule has 1 unspecified atom stereocenters. The highest BCUT2D eigenvalue weighted by Gasteiger charge is 2.36. The van der Waals surface area contributed by atoms with Gasteiger partial charge in [0.1, 0.15) is 0 Å². The lowest BCUT2D eigenvalue weighted by atomic mass is 9.82. The average molecular weight is 212 g/mol. The van der Waals surface area contributed by atoms with Crippen molar-refractivity contribution >= 4 is 11.8 Å². The second-order valence-corrected chi connectivity index (χ2v) is 4.56. The van der Waals surface area contributed by atoms with E-state index in [0.29, 0.717) is 5.92 Å². The molecule has 0 aromatic carbocycles. The highest BCUT2D eigenvalue weighted by Crippen LogP contribution is 2.28. The van der Waals surface area contributed by atoms with E-state index in [-0.39, 0.29) is 30.4 Å². The standard InChI is InChI=1S/C10H16N2O3/c1-12(5-6-2-7(13)3-6)8-4-9(14)11-10(8)15/h6-8,13H,2-5H2,1H3,(H,11,14,15). The monoisotopic (exact) mass is 212 g/mol. The van der Waals surface area contributed by atoms with E-state index in [1.54, 1.807) is 0 Å². The van der Waals surface area contributed by atoms with Crippen molar-refractivity contribution in [3.63, 3.8) is 0 Å². The van der Waals surface area contributed by atoms with Gasteiger partial charge in [-0.05, 0) is 25.8 Å². The lowest BCUT2D eigenvalue weighted by molar-refractivity contribution is -0.126. The third kappa shape index (κ3) is 2.18. The van der Waals surface area contributed by atoms with Crippen molar-refractivity contribution in [2.24, 2.45) is 5.92 Å². The number of aliphatic hydroxyl groups excluding tert-OH is 1. The summed E-state index contributed by atoms with van der Waals surface area (Å²) in [5.41, 5.74) is 0. The number of amides is 2. The second-order valence-electron chi connectivity index (χ2n) is 4.56. The molecule has 1 atom stereocenters. The van der Waals surface area contributed by atoms with E-state index < -0.39 is 0 Å². The number of rotatable bonds is 3. The zero-order valence-electron chi connectivity index (χ0n) is 8.77. The molecule has 0 radical (unpaired) electrons. The number of carbonyl (C=O) groups is 2. The summed E-state index contributed by atoms with van der Waals surface area (Å²) in [4.78, 5) is 24.3. The highest BCUT2D eigenvalue weighted by atomic mass is 16.3. The van der Waals surface area contributed by atoms with Crippen molar-refractivity contribution in [1.29, 1.82) is 0 Å². The number of hydrogen-bond acceptors (Lipinski definition) is 4. The summed E-state index contributed by atoms with van der Waals surface area (Å²) < 4.78 is 0. The normalized spacial score (nSPS) is 35.5. The smallest absolute Gasteiger partial charge is 0.244 e. The maximum Gasteiger partial charge on any atom is 0.244 e. The first-order valence-corrected chi connectivity index (χ1v) is 5.28. The minimum absolute atomic E-state index is 0.164. The van der Waals surface area contributed by atoms with Crippen LogP contribution in [-0.4, -0.2) is 47.6 Å². The van der Waals surface area contributed by atoms with Crippen LogP contribution < -0.4 is 5.32 Å². The molecule has 2 rings (SSSR count). The topological polar surface area (TPSA) is 69.6 Å². The van der Waals surface area contributed by atoms with E-state index in [1.165, 1.54) is 0 Å². The van der Waals surface area contributed by atoms with Gasteiger partial charge in [-0.2, -0.15) is 0 Å². The van der Waals surface area contributed by atoms with E-state index in [1.807, 2.05) is 11.9 Å². The largest absolute Gasteiger partial charge is 0.393 e. The molecule has 5 nitrogen and oxygen atoms in total. The molecule has 0 bridgehead atoms. The average Bonchev–Trinajstić information content (AvgIpc) is 2.42. The quantitative estimate of drug-likeness (QED) is 0.595. The molecule has 84 valence electrons. The predicted molar refractivity (Wildman–Crippen MR) is 52.9 cm³/mol. The Morgan fingerprint density at radius 2 is 2.13 bits per heavy atom. The van der Waals surface area contributed by atoms with E-state index in [4.69, 9.17) is 5.11 Å². The van der Waals surface area contributed by atoms with Crippen LogP contribution >= 0.6 is 0 Å². The molecule has 1 aliphatic heterocycles. The summed E-state index contributed by atoms with van der Waals surface area (Å²) in [5, 5.41) is 11.4. The van der Waals surface area contributed by atoms with Crippen LogP contribution in [0.4, 0.5) is 0 Å². The molecule has 15 heavy (non-hydrogen) atoms. The lowest BCUT2D eigenvalue weighted by Crippen LogP contribution is -2.44. The molecule has 1 saturated heterocycles. The van der Waals surface area contributed by atoms with Gasteiger partial charge < -0.3 is 5.11 Å². The third-order valence-electron chi connectivity index (χ3n) is 3.23. The van der Waals surface area contributed by atoms with Crippen molar-refractivity contribution in [1.82, 2.24) is 10.2 Å². The molecule has 0 aromatic rings. The number of hydrogen-bond donors (Lipinski definition) is 2. The van der Waals surface area contributed by atoms with Gasteiger partial charge in [-0.15, -0.1) is 0 Å². The van der Waals surface area contributed by atoms with Gasteiger partial charge in [0.15, 0.2) is 0 Å². The molecule has 1 aliphatic carbocycles. The molecule has 5 heteroatoms. The Labute approximate surface area is 88.4 Å². The van der Waals surface area contributed by atoms with Gasteiger partial charge in [0.2, 0.25) is 11.8 Å². The molecule has 2 amide bonds. The second kappa shape index (κ2) is 3.90. The van der Waals surface area contributed by atoms with Crippen LogP contribution in [0.3, 0.4) is 0 Å². The van der Waals surface area contributed by atoms with Crippen molar-refractivity contribution < 1.29 is 14.7 Å². The third-order valence-corrected chi connectivity index (χ3v) is 3.23. The molecule has 2 fully saturated rings. The Hall–Kier alpha value is -0.940. The number of nitrogens with zero attached hydrogens (tertiary/aromatic N) is 1. The van der Waals surface area contributed by atoms with Crippen molar-refractivity contribution in [3.8, 4) is 0 Å². The first-order chi connectivity index (χ1) is 7.06. The van der Waals surface area contributed by atoms with E-state index in [9.17, 15) is 9.59 Å². The van der Waals surface area contributed by atoms with Gasteiger partial charge in [0.25, 0.3) is 0 Å². The van der Waals surface area contributed by atoms with Gasteiger partial charge >= 0.3 is 0 Å². The Kier molecular flexibility index (Phi) is 2.75. The zero-order valence-corrected chi connectivity index (χ0v) is 8.77. The molecular weight excluding hydrogens is 196 g/mol. The number of likely N-dealkylation sites (N-methyl/N-ethyl adjacent to an activating group) is 1. The minimum atomic E-state index is -0.310. The van der Waals surface area contributed by atoms with Gasteiger partial charge in [0, 0.05) is 6.54 Å². The zero-order chi connectivity index (χ0) is 11.0. The molecular formula is C10H16N2O3. The van der Waals surface area contributed by atoms with Crippen LogP contribution in [0.15, 0.2) is 0 Å². The Morgan fingerprint density at radius 1 is 1.47 bits per heavy atom. The molecule has 2 N–H and O–H groups in total. The van der Waals surface area contributed by atoms with Gasteiger partial charge in [-0.3, -0.25) is 19.8 Å². The van der Waals surface area contributed by atoms with Crippen LogP contribution in [0.25, 0.3) is 0 Å². The molecule has 1 saturated carbocycles. The minimum Gasteiger partial charge on any atom is -0.393 e. The van der Waals surface area contributed by atoms with Crippen molar-refractivity contribution in [2.45, 2.75) is 31.4 Å². The molecule has 1 heterocycles. The van der Waals surface area contributed by atoms with Gasteiger partial charge in [-0.1, -0.05) is 0 Å². The Morgan fingerprint density at radius 3 is 2.60 bits per heavy atom. The van der Waals surface area contributed by atoms with Crippen LogP contribution in [-0.2, 0) is 9.59 Å². The lowest BCUT2D eigenvalue weighted by Gasteiger charge is -2.35. The number of aliphatic hydroxyl groups is 1. The SMILES string of the molecule is CN(CC1CC(O)C1)C1CC(=O)NC1=O. The summed E-state index contributed by atoms with van der Waals surface area (Å²) in [6.07, 6.45) is 1.73. The van der Waals surface area contributed by atoms with Gasteiger partial charge in [0.05, 0.1) is 18.6 Å². The number of carbonyl (C=O) groups excluding carboxylic acids is 2. The summed E-state index contributed by atoms with van der Waals surface area (Å²) in [7, 11) is 1.85. The number of nitrogens with one attached hydrogen (secondary N) is 1. The predicted octanol–water partition coefficient (Wildman–Crippen LogP) is -0.896. The first-order valence-electron chi connectivity index (χ1n) is 5.28. The highest BCUT2D eigenvalue weighted by molar-refractivity contribution is 6.05. The fourth-order valence-electron chi connectivity index (χ4n) is 2.28. The van der Waals surface area contributed by atoms with E-state index >= 15 is 0 Å². The maximum atomic E-state index is 11.4. The first kappa shape index (κ1) is 10.6. The van der Waals surface area contributed by atoms with Crippen LogP contribution in [0.1, 0.15) is 19.3 Å². The summed E-state index contributed by atoms with van der Waals surface area (Å²) in [6.45, 7) is 0.780. The van der Waals surface area contributed by atoms with Crippen LogP contribution in [0, 0.1) is 5.92 Å². The Bertz CT molecular complexity index is 286. The Balaban J connectivity index is 1.83. The van der Waals surface area contributed by atoms with Crippen LogP contribution in [0.2, 0.25) is 0 Å². The number of imide groups is 1. The maximum absolute atomic E-state index is 11.4. The molecule has 0 spiro atoms. The van der Waals surface area contributed by atoms with Gasteiger partial charge in [-0.25, -0.2) is 0 Å². The molecule has 0 aromatic heterocycles. The summed E-state index contributed by atoms with van der Waals surface area (Å²) >= 11 is 0. The fraction of sp³-hybridized carbons (Fsp3) is 0.800. The van der Waals surface area contributed by atoms with Crippen molar-refractivity contribution in [2.75, 3.05) is 13.6 Å². The van der Waals surface area contributed by atoms with Crippen LogP contribution in [0.5, 0.6) is 0 Å². The summed E-state index contributed by atoms with van der Waals surface area (Å²) in [6, 6.07) is -0.310. The van der Waals surface area contributed by atoms with Crippen molar-refractivity contribution in [3.05, 3.63) is 0 Å². The van der Waals surface area contributed by atoms with E-state index in [2.05, 4.69) is 5.32 Å². The summed E-state index contributed by atoms with van der Waals surface area (Å²) in [5.74, 6) is 0.0846. The van der Waals surface area contributed by atoms with E-state index in [0.717, 1.165) is 19.4 Å².